The zero-order valence-electron chi connectivity index (χ0n) is 23.4. The molecule has 3 N–H and O–H groups in total. The monoisotopic (exact) mass is 548 g/mol. The maximum atomic E-state index is 12.7. The number of carbonyl (C=O) groups is 2. The molecule has 0 bridgehead atoms. The molecule has 1 heterocycles. The van der Waals surface area contributed by atoms with Gasteiger partial charge >= 0.3 is 5.97 Å². The molecule has 0 aliphatic carbocycles. The first-order valence-electron chi connectivity index (χ1n) is 14.2. The maximum absolute atomic E-state index is 12.7. The van der Waals surface area contributed by atoms with Crippen molar-refractivity contribution in [3.05, 3.63) is 80.4 Å². The number of aliphatic carboxylic acids is 1. The summed E-state index contributed by atoms with van der Waals surface area (Å²) in [5.74, 6) is -1.40. The largest absolute Gasteiger partial charge is 0.480 e. The summed E-state index contributed by atoms with van der Waals surface area (Å²) in [5, 5.41) is 15.6. The summed E-state index contributed by atoms with van der Waals surface area (Å²) < 4.78 is 0. The van der Waals surface area contributed by atoms with E-state index in [0.29, 0.717) is 35.6 Å². The van der Waals surface area contributed by atoms with E-state index >= 15 is 0 Å². The number of benzene rings is 1. The third kappa shape index (κ3) is 8.49. The summed E-state index contributed by atoms with van der Waals surface area (Å²) in [4.78, 5) is 55.6. The van der Waals surface area contributed by atoms with Gasteiger partial charge in [-0.3, -0.25) is 19.4 Å². The van der Waals surface area contributed by atoms with Gasteiger partial charge in [-0.05, 0) is 42.7 Å². The van der Waals surface area contributed by atoms with E-state index in [0.717, 1.165) is 51.4 Å². The molecule has 3 rings (SSSR count). The molecule has 214 valence electrons. The van der Waals surface area contributed by atoms with Crippen LogP contribution < -0.4 is 26.4 Å². The minimum atomic E-state index is -1.12. The summed E-state index contributed by atoms with van der Waals surface area (Å²) in [6.45, 7) is 5.60. The quantitative estimate of drug-likeness (QED) is 0.150. The van der Waals surface area contributed by atoms with Crippen LogP contribution in [0.5, 0.6) is 0 Å². The maximum Gasteiger partial charge on any atom is 0.326 e. The standard InChI is InChI=1S/C31H40N4O5/c1-3-5-7-9-19-35(20-10-8-6-4-2)27-26(28(36)29(27)37)34-25(31(39)40)21-22-11-13-24(14-12-22)33-30(38)23-15-17-32-18-16-23/h11-18,25,34H,3-10,19-21H2,1-2H3,(H,33,38)(H,39,40). The average molecular weight is 549 g/mol. The molecule has 0 aliphatic heterocycles. The van der Waals surface area contributed by atoms with Gasteiger partial charge in [0.25, 0.3) is 16.8 Å². The molecule has 40 heavy (non-hydrogen) atoms. The van der Waals surface area contributed by atoms with Crippen LogP contribution in [0.1, 0.15) is 81.1 Å². The lowest BCUT2D eigenvalue weighted by Crippen LogP contribution is -2.46. The number of rotatable bonds is 18. The molecule has 0 radical (unpaired) electrons. The molecule has 0 aliphatic rings. The molecular formula is C31H40N4O5. The highest BCUT2D eigenvalue weighted by Crippen LogP contribution is 2.24. The number of pyridine rings is 1. The van der Waals surface area contributed by atoms with E-state index < -0.39 is 22.9 Å². The average Bonchev–Trinajstić information content (AvgIpc) is 2.97. The van der Waals surface area contributed by atoms with Gasteiger partial charge in [-0.25, -0.2) is 4.79 Å². The van der Waals surface area contributed by atoms with Crippen LogP contribution in [-0.2, 0) is 11.2 Å². The number of nitrogens with one attached hydrogen (secondary N) is 2. The first-order chi connectivity index (χ1) is 19.3. The second kappa shape index (κ2) is 15.5. The first-order valence-corrected chi connectivity index (χ1v) is 14.2. The van der Waals surface area contributed by atoms with Crippen molar-refractivity contribution < 1.29 is 14.7 Å². The van der Waals surface area contributed by atoms with Gasteiger partial charge in [-0.2, -0.15) is 0 Å². The van der Waals surface area contributed by atoms with Crippen LogP contribution in [-0.4, -0.2) is 41.1 Å². The fraction of sp³-hybridized carbons (Fsp3) is 0.452. The van der Waals surface area contributed by atoms with Gasteiger partial charge < -0.3 is 20.6 Å². The lowest BCUT2D eigenvalue weighted by atomic mass is 10.0. The van der Waals surface area contributed by atoms with E-state index in [2.05, 4.69) is 29.5 Å². The molecule has 9 nitrogen and oxygen atoms in total. The molecule has 0 spiro atoms. The Labute approximate surface area is 235 Å². The van der Waals surface area contributed by atoms with Crippen molar-refractivity contribution in [1.29, 1.82) is 0 Å². The Morgan fingerprint density at radius 3 is 2.00 bits per heavy atom. The van der Waals surface area contributed by atoms with E-state index in [9.17, 15) is 24.3 Å². The number of unbranched alkanes of at least 4 members (excludes halogenated alkanes) is 6. The number of aromatic nitrogens is 1. The van der Waals surface area contributed by atoms with E-state index in [1.165, 1.54) is 12.4 Å². The summed E-state index contributed by atoms with van der Waals surface area (Å²) >= 11 is 0. The van der Waals surface area contributed by atoms with E-state index in [1.807, 2.05) is 4.90 Å². The van der Waals surface area contributed by atoms with E-state index in [4.69, 9.17) is 0 Å². The second-order valence-electron chi connectivity index (χ2n) is 10.1. The van der Waals surface area contributed by atoms with Gasteiger partial charge in [0.1, 0.15) is 17.4 Å². The molecule has 1 unspecified atom stereocenters. The molecular weight excluding hydrogens is 508 g/mol. The Bertz CT molecular complexity index is 1290. The fourth-order valence-electron chi connectivity index (χ4n) is 4.65. The molecule has 1 aromatic heterocycles. The lowest BCUT2D eigenvalue weighted by Gasteiger charge is -2.29. The predicted molar refractivity (Wildman–Crippen MR) is 159 cm³/mol. The second-order valence-corrected chi connectivity index (χ2v) is 10.1. The summed E-state index contributed by atoms with van der Waals surface area (Å²) in [6.07, 6.45) is 11.5. The van der Waals surface area contributed by atoms with E-state index in [1.54, 1.807) is 36.4 Å². The predicted octanol–water partition coefficient (Wildman–Crippen LogP) is 5.00. The van der Waals surface area contributed by atoms with Crippen molar-refractivity contribution in [3.63, 3.8) is 0 Å². The number of hydrogen-bond donors (Lipinski definition) is 3. The number of hydrogen-bond acceptors (Lipinski definition) is 7. The Kier molecular flexibility index (Phi) is 11.9. The van der Waals surface area contributed by atoms with Crippen molar-refractivity contribution in [2.24, 2.45) is 0 Å². The number of anilines is 3. The van der Waals surface area contributed by atoms with E-state index in [-0.39, 0.29) is 18.0 Å². The molecule has 0 fully saturated rings. The highest BCUT2D eigenvalue weighted by Gasteiger charge is 2.29. The molecule has 2 aromatic carbocycles. The van der Waals surface area contributed by atoms with Crippen molar-refractivity contribution in [2.75, 3.05) is 28.6 Å². The zero-order valence-corrected chi connectivity index (χ0v) is 23.4. The van der Waals surface area contributed by atoms with Crippen LogP contribution >= 0.6 is 0 Å². The van der Waals surface area contributed by atoms with Gasteiger partial charge in [-0.1, -0.05) is 64.5 Å². The van der Waals surface area contributed by atoms with Crippen LogP contribution in [0.2, 0.25) is 0 Å². The normalized spacial score (nSPS) is 11.8. The Morgan fingerprint density at radius 2 is 1.45 bits per heavy atom. The topological polar surface area (TPSA) is 129 Å². The smallest absolute Gasteiger partial charge is 0.326 e. The number of carboxylic acid groups (broad SMARTS) is 1. The van der Waals surface area contributed by atoms with Gasteiger partial charge in [0.2, 0.25) is 0 Å². The SMILES string of the molecule is CCCCCCN(CCCCCC)c1c(NC(Cc2ccc(NC(=O)c3ccncc3)cc2)C(=O)O)c(=O)c1=O. The highest BCUT2D eigenvalue weighted by atomic mass is 16.4. The Balaban J connectivity index is 1.70. The minimum Gasteiger partial charge on any atom is -0.480 e. The minimum absolute atomic E-state index is 0.0964. The number of carbonyl (C=O) groups excluding carboxylic acids is 1. The third-order valence-electron chi connectivity index (χ3n) is 6.98. The van der Waals surface area contributed by atoms with Gasteiger partial charge in [0.05, 0.1) is 0 Å². The van der Waals surface area contributed by atoms with Crippen LogP contribution in [0.4, 0.5) is 17.1 Å². The van der Waals surface area contributed by atoms with Crippen molar-refractivity contribution in [3.8, 4) is 0 Å². The van der Waals surface area contributed by atoms with Crippen LogP contribution in [0.25, 0.3) is 0 Å². The molecule has 9 heteroatoms. The summed E-state index contributed by atoms with van der Waals surface area (Å²) in [5.41, 5.74) is 0.954. The van der Waals surface area contributed by atoms with Crippen molar-refractivity contribution in [2.45, 2.75) is 77.7 Å². The van der Waals surface area contributed by atoms with Gasteiger partial charge in [0.15, 0.2) is 0 Å². The van der Waals surface area contributed by atoms with Crippen LogP contribution in [0.15, 0.2) is 58.4 Å². The van der Waals surface area contributed by atoms with Crippen LogP contribution in [0.3, 0.4) is 0 Å². The number of carboxylic acids is 1. The molecule has 0 saturated heterocycles. The molecule has 3 aromatic rings. The molecule has 1 atom stereocenters. The summed E-state index contributed by atoms with van der Waals surface area (Å²) in [7, 11) is 0. The number of amides is 1. The van der Waals surface area contributed by atoms with Crippen LogP contribution in [0, 0.1) is 0 Å². The molecule has 1 amide bonds. The fourth-order valence-corrected chi connectivity index (χ4v) is 4.65. The Morgan fingerprint density at radius 1 is 0.850 bits per heavy atom. The summed E-state index contributed by atoms with van der Waals surface area (Å²) in [6, 6.07) is 8.99. The van der Waals surface area contributed by atoms with Crippen molar-refractivity contribution in [1.82, 2.24) is 4.98 Å². The number of nitrogens with zero attached hydrogens (tertiary/aromatic N) is 2. The van der Waals surface area contributed by atoms with Gasteiger partial charge in [0, 0.05) is 43.2 Å². The van der Waals surface area contributed by atoms with Crippen molar-refractivity contribution >= 4 is 28.9 Å². The lowest BCUT2D eigenvalue weighted by molar-refractivity contribution is -0.137. The first kappa shape index (κ1) is 30.5. The highest BCUT2D eigenvalue weighted by molar-refractivity contribution is 6.04. The van der Waals surface area contributed by atoms with Gasteiger partial charge in [-0.15, -0.1) is 0 Å². The third-order valence-corrected chi connectivity index (χ3v) is 6.98. The molecule has 0 saturated carbocycles. The zero-order chi connectivity index (χ0) is 28.9. The Hall–Kier alpha value is -4.01.